The van der Waals surface area contributed by atoms with E-state index in [-0.39, 0.29) is 18.3 Å². The Kier molecular flexibility index (Phi) is 5.58. The molecule has 0 saturated heterocycles. The molecule has 3 rings (SSSR count). The Hall–Kier alpha value is -3.22. The molecule has 7 heteroatoms. The van der Waals surface area contributed by atoms with Crippen molar-refractivity contribution in [1.82, 2.24) is 15.1 Å². The van der Waals surface area contributed by atoms with Crippen LogP contribution in [0.25, 0.3) is 0 Å². The van der Waals surface area contributed by atoms with Gasteiger partial charge in [-0.05, 0) is 37.3 Å². The summed E-state index contributed by atoms with van der Waals surface area (Å²) in [6, 6.07) is 12.5. The standard InChI is InChI=1S/C19H21N3O4/c1-3-22-10-9-14(21-22)12-20-19(23)18-8-7-17(26-18)13-25-16-6-4-5-15(11-16)24-2/h4-11H,3,12-13H2,1-2H3,(H,20,23). The third kappa shape index (κ3) is 4.44. The number of carbonyl (C=O) groups is 1. The van der Waals surface area contributed by atoms with Gasteiger partial charge in [-0.15, -0.1) is 0 Å². The van der Waals surface area contributed by atoms with Gasteiger partial charge in [0, 0.05) is 18.8 Å². The number of ether oxygens (including phenoxy) is 2. The molecule has 1 N–H and O–H groups in total. The van der Waals surface area contributed by atoms with Crippen molar-refractivity contribution in [3.8, 4) is 11.5 Å². The Labute approximate surface area is 151 Å². The first kappa shape index (κ1) is 17.6. The van der Waals surface area contributed by atoms with Crippen molar-refractivity contribution in [2.24, 2.45) is 0 Å². The number of nitrogens with zero attached hydrogens (tertiary/aromatic N) is 2. The highest BCUT2D eigenvalue weighted by molar-refractivity contribution is 5.91. The lowest BCUT2D eigenvalue weighted by atomic mass is 10.3. The van der Waals surface area contributed by atoms with Gasteiger partial charge in [-0.25, -0.2) is 0 Å². The average molecular weight is 355 g/mol. The highest BCUT2D eigenvalue weighted by Crippen LogP contribution is 2.20. The summed E-state index contributed by atoms with van der Waals surface area (Å²) in [5, 5.41) is 7.11. The number of aryl methyl sites for hydroxylation is 1. The maximum absolute atomic E-state index is 12.2. The van der Waals surface area contributed by atoms with Gasteiger partial charge in [-0.2, -0.15) is 5.10 Å². The molecule has 0 fully saturated rings. The van der Waals surface area contributed by atoms with Crippen molar-refractivity contribution >= 4 is 5.91 Å². The molecule has 2 heterocycles. The van der Waals surface area contributed by atoms with Crippen LogP contribution >= 0.6 is 0 Å². The number of amides is 1. The molecule has 0 atom stereocenters. The molecule has 0 aliphatic carbocycles. The van der Waals surface area contributed by atoms with Gasteiger partial charge in [0.15, 0.2) is 5.76 Å². The molecule has 0 radical (unpaired) electrons. The Bertz CT molecular complexity index is 869. The number of hydrogen-bond acceptors (Lipinski definition) is 5. The summed E-state index contributed by atoms with van der Waals surface area (Å²) in [7, 11) is 1.60. The number of hydrogen-bond donors (Lipinski definition) is 1. The first-order valence-electron chi connectivity index (χ1n) is 8.34. The van der Waals surface area contributed by atoms with E-state index in [9.17, 15) is 4.79 Å². The number of benzene rings is 1. The van der Waals surface area contributed by atoms with Crippen molar-refractivity contribution in [3.05, 3.63) is 65.9 Å². The summed E-state index contributed by atoms with van der Waals surface area (Å²) < 4.78 is 18.2. The summed E-state index contributed by atoms with van der Waals surface area (Å²) in [6.45, 7) is 3.37. The molecule has 2 aromatic heterocycles. The fourth-order valence-corrected chi connectivity index (χ4v) is 2.36. The summed E-state index contributed by atoms with van der Waals surface area (Å²) >= 11 is 0. The Balaban J connectivity index is 1.52. The fourth-order valence-electron chi connectivity index (χ4n) is 2.36. The predicted molar refractivity (Wildman–Crippen MR) is 95.1 cm³/mol. The van der Waals surface area contributed by atoms with Crippen LogP contribution < -0.4 is 14.8 Å². The largest absolute Gasteiger partial charge is 0.497 e. The smallest absolute Gasteiger partial charge is 0.287 e. The zero-order valence-electron chi connectivity index (χ0n) is 14.8. The van der Waals surface area contributed by atoms with Crippen LogP contribution in [0.1, 0.15) is 28.9 Å². The lowest BCUT2D eigenvalue weighted by molar-refractivity contribution is 0.0918. The van der Waals surface area contributed by atoms with E-state index in [1.165, 1.54) is 0 Å². The minimum absolute atomic E-state index is 0.224. The molecule has 136 valence electrons. The van der Waals surface area contributed by atoms with Crippen molar-refractivity contribution in [3.63, 3.8) is 0 Å². The van der Waals surface area contributed by atoms with E-state index in [0.29, 0.717) is 23.8 Å². The molecule has 3 aromatic rings. The normalized spacial score (nSPS) is 10.5. The summed E-state index contributed by atoms with van der Waals surface area (Å²) in [4.78, 5) is 12.2. The summed E-state index contributed by atoms with van der Waals surface area (Å²) in [6.07, 6.45) is 1.88. The molecular formula is C19H21N3O4. The van der Waals surface area contributed by atoms with Crippen LogP contribution in [0.3, 0.4) is 0 Å². The van der Waals surface area contributed by atoms with Crippen molar-refractivity contribution < 1.29 is 18.7 Å². The van der Waals surface area contributed by atoms with Crippen LogP contribution in [0.15, 0.2) is 53.1 Å². The van der Waals surface area contributed by atoms with E-state index in [0.717, 1.165) is 12.2 Å². The third-order valence-electron chi connectivity index (χ3n) is 3.76. The molecule has 0 aliphatic heterocycles. The molecule has 7 nitrogen and oxygen atoms in total. The number of aromatic nitrogens is 2. The number of nitrogens with one attached hydrogen (secondary N) is 1. The zero-order chi connectivity index (χ0) is 18.4. The topological polar surface area (TPSA) is 78.5 Å². The SMILES string of the molecule is CCn1ccc(CNC(=O)c2ccc(COc3cccc(OC)c3)o2)n1. The average Bonchev–Trinajstić information content (AvgIpc) is 3.34. The number of methoxy groups -OCH3 is 1. The van der Waals surface area contributed by atoms with Gasteiger partial charge in [0.1, 0.15) is 23.9 Å². The van der Waals surface area contributed by atoms with Crippen LogP contribution in [0.2, 0.25) is 0 Å². The fraction of sp³-hybridized carbons (Fsp3) is 0.263. The summed E-state index contributed by atoms with van der Waals surface area (Å²) in [5.74, 6) is 1.90. The van der Waals surface area contributed by atoms with Gasteiger partial charge in [0.05, 0.1) is 19.3 Å². The first-order valence-corrected chi connectivity index (χ1v) is 8.34. The van der Waals surface area contributed by atoms with Crippen molar-refractivity contribution in [2.45, 2.75) is 26.6 Å². The quantitative estimate of drug-likeness (QED) is 0.672. The second kappa shape index (κ2) is 8.24. The molecule has 0 saturated carbocycles. The van der Waals surface area contributed by atoms with E-state index in [1.807, 2.05) is 42.1 Å². The van der Waals surface area contributed by atoms with Crippen LogP contribution in [0, 0.1) is 0 Å². The molecule has 0 unspecified atom stereocenters. The van der Waals surface area contributed by atoms with Crippen molar-refractivity contribution in [1.29, 1.82) is 0 Å². The van der Waals surface area contributed by atoms with Gasteiger partial charge in [0.25, 0.3) is 5.91 Å². The highest BCUT2D eigenvalue weighted by atomic mass is 16.5. The Morgan fingerprint density at radius 2 is 2.08 bits per heavy atom. The first-order chi connectivity index (χ1) is 12.7. The molecule has 26 heavy (non-hydrogen) atoms. The number of carbonyl (C=O) groups excluding carboxylic acids is 1. The minimum Gasteiger partial charge on any atom is -0.497 e. The van der Waals surface area contributed by atoms with Crippen LogP contribution in [0.5, 0.6) is 11.5 Å². The molecular weight excluding hydrogens is 334 g/mol. The van der Waals surface area contributed by atoms with E-state index in [4.69, 9.17) is 13.9 Å². The minimum atomic E-state index is -0.288. The van der Waals surface area contributed by atoms with Crippen molar-refractivity contribution in [2.75, 3.05) is 7.11 Å². The van der Waals surface area contributed by atoms with E-state index in [2.05, 4.69) is 10.4 Å². The van der Waals surface area contributed by atoms with Gasteiger partial charge in [-0.1, -0.05) is 6.07 Å². The molecule has 1 aromatic carbocycles. The Morgan fingerprint density at radius 1 is 1.23 bits per heavy atom. The second-order valence-corrected chi connectivity index (χ2v) is 5.58. The lowest BCUT2D eigenvalue weighted by Gasteiger charge is -2.06. The number of furan rings is 1. The predicted octanol–water partition coefficient (Wildman–Crippen LogP) is 3.01. The third-order valence-corrected chi connectivity index (χ3v) is 3.76. The maximum Gasteiger partial charge on any atom is 0.287 e. The van der Waals surface area contributed by atoms with E-state index in [1.54, 1.807) is 25.3 Å². The van der Waals surface area contributed by atoms with Crippen LogP contribution in [-0.4, -0.2) is 22.8 Å². The van der Waals surface area contributed by atoms with Gasteiger partial charge < -0.3 is 19.2 Å². The highest BCUT2D eigenvalue weighted by Gasteiger charge is 2.12. The number of rotatable bonds is 8. The monoisotopic (exact) mass is 355 g/mol. The van der Waals surface area contributed by atoms with E-state index < -0.39 is 0 Å². The van der Waals surface area contributed by atoms with Gasteiger partial charge in [0.2, 0.25) is 0 Å². The van der Waals surface area contributed by atoms with Crippen LogP contribution in [0.4, 0.5) is 0 Å². The second-order valence-electron chi connectivity index (χ2n) is 5.58. The summed E-state index contributed by atoms with van der Waals surface area (Å²) in [5.41, 5.74) is 0.799. The maximum atomic E-state index is 12.2. The molecule has 0 aliphatic rings. The molecule has 1 amide bonds. The lowest BCUT2D eigenvalue weighted by Crippen LogP contribution is -2.22. The zero-order valence-corrected chi connectivity index (χ0v) is 14.8. The van der Waals surface area contributed by atoms with E-state index >= 15 is 0 Å². The van der Waals surface area contributed by atoms with Gasteiger partial charge >= 0.3 is 0 Å². The molecule has 0 bridgehead atoms. The van der Waals surface area contributed by atoms with Crippen LogP contribution in [-0.2, 0) is 19.7 Å². The Morgan fingerprint density at radius 3 is 2.85 bits per heavy atom. The van der Waals surface area contributed by atoms with Gasteiger partial charge in [-0.3, -0.25) is 9.48 Å². The molecule has 0 spiro atoms.